The summed E-state index contributed by atoms with van der Waals surface area (Å²) in [6.07, 6.45) is 3.57. The number of piperidine rings is 1. The van der Waals surface area contributed by atoms with Crippen molar-refractivity contribution < 1.29 is 14.7 Å². The molecule has 4 rings (SSSR count). The van der Waals surface area contributed by atoms with Crippen molar-refractivity contribution in [2.24, 2.45) is 23.7 Å². The topological polar surface area (TPSA) is 73.7 Å². The second kappa shape index (κ2) is 8.72. The molecule has 0 unspecified atom stereocenters. The SMILES string of the molecule is CC(C)C(=O)N1CCC([C@@H]2CN(C(=O)c3nccc4ccccc34)C[C@H]2CO)CC1. The summed E-state index contributed by atoms with van der Waals surface area (Å²) in [7, 11) is 0. The van der Waals surface area contributed by atoms with Crippen LogP contribution in [0.4, 0.5) is 0 Å². The van der Waals surface area contributed by atoms with Gasteiger partial charge in [-0.3, -0.25) is 14.6 Å². The molecule has 1 aromatic heterocycles. The van der Waals surface area contributed by atoms with Gasteiger partial charge in [-0.15, -0.1) is 0 Å². The van der Waals surface area contributed by atoms with Gasteiger partial charge in [0.2, 0.25) is 5.91 Å². The van der Waals surface area contributed by atoms with Crippen molar-refractivity contribution in [2.75, 3.05) is 32.8 Å². The summed E-state index contributed by atoms with van der Waals surface area (Å²) < 4.78 is 0. The number of hydrogen-bond acceptors (Lipinski definition) is 4. The van der Waals surface area contributed by atoms with Crippen molar-refractivity contribution in [3.63, 3.8) is 0 Å². The molecule has 6 nitrogen and oxygen atoms in total. The molecule has 2 aromatic rings. The maximum Gasteiger partial charge on any atom is 0.273 e. The molecule has 2 saturated heterocycles. The number of fused-ring (bicyclic) bond motifs is 1. The lowest BCUT2D eigenvalue weighted by molar-refractivity contribution is -0.136. The molecule has 3 heterocycles. The Bertz CT molecular complexity index is 916. The van der Waals surface area contributed by atoms with Crippen molar-refractivity contribution >= 4 is 22.6 Å². The number of hydrogen-bond donors (Lipinski definition) is 1. The lowest BCUT2D eigenvalue weighted by Crippen LogP contribution is -2.43. The molecule has 30 heavy (non-hydrogen) atoms. The molecular formula is C24H31N3O3. The molecule has 2 atom stereocenters. The van der Waals surface area contributed by atoms with Crippen LogP contribution in [0, 0.1) is 23.7 Å². The number of carbonyl (C=O) groups excluding carboxylic acids is 2. The number of carbonyl (C=O) groups is 2. The van der Waals surface area contributed by atoms with Gasteiger partial charge in [-0.2, -0.15) is 0 Å². The summed E-state index contributed by atoms with van der Waals surface area (Å²) >= 11 is 0. The first-order valence-electron chi connectivity index (χ1n) is 11.0. The quantitative estimate of drug-likeness (QED) is 0.843. The van der Waals surface area contributed by atoms with E-state index in [1.807, 2.05) is 54.0 Å². The zero-order valence-electron chi connectivity index (χ0n) is 17.8. The standard InChI is InChI=1S/C24H31N3O3/c1-16(2)23(29)26-11-8-18(9-12-26)21-14-27(13-19(21)15-28)24(30)22-20-6-4-3-5-17(20)7-10-25-22/h3-7,10,16,18-19,21,28H,8-9,11-15H2,1-2H3/t19-,21-/m0/s1. The maximum absolute atomic E-state index is 13.3. The number of likely N-dealkylation sites (tertiary alicyclic amines) is 2. The number of amides is 2. The fourth-order valence-electron chi connectivity index (χ4n) is 5.14. The van der Waals surface area contributed by atoms with Crippen LogP contribution in [0.2, 0.25) is 0 Å². The summed E-state index contributed by atoms with van der Waals surface area (Å²) in [5.41, 5.74) is 0.489. The van der Waals surface area contributed by atoms with E-state index in [1.54, 1.807) is 6.20 Å². The number of aliphatic hydroxyl groups excluding tert-OH is 1. The second-order valence-electron chi connectivity index (χ2n) is 9.01. The Kier molecular flexibility index (Phi) is 6.04. The Morgan fingerprint density at radius 3 is 2.53 bits per heavy atom. The summed E-state index contributed by atoms with van der Waals surface area (Å²) in [6.45, 7) is 6.73. The van der Waals surface area contributed by atoms with Gasteiger partial charge in [0.15, 0.2) is 0 Å². The zero-order chi connectivity index (χ0) is 21.3. The van der Waals surface area contributed by atoms with Gasteiger partial charge in [-0.1, -0.05) is 38.1 Å². The highest BCUT2D eigenvalue weighted by molar-refractivity contribution is 6.05. The zero-order valence-corrected chi connectivity index (χ0v) is 17.8. The first-order valence-corrected chi connectivity index (χ1v) is 11.0. The van der Waals surface area contributed by atoms with E-state index in [0.29, 0.717) is 24.7 Å². The number of benzene rings is 1. The van der Waals surface area contributed by atoms with Crippen molar-refractivity contribution in [1.29, 1.82) is 0 Å². The van der Waals surface area contributed by atoms with E-state index in [9.17, 15) is 14.7 Å². The Balaban J connectivity index is 1.47. The Morgan fingerprint density at radius 1 is 1.10 bits per heavy atom. The molecule has 0 aliphatic carbocycles. The van der Waals surface area contributed by atoms with Crippen LogP contribution in [-0.4, -0.2) is 64.5 Å². The Hall–Kier alpha value is -2.47. The van der Waals surface area contributed by atoms with Crippen LogP contribution in [-0.2, 0) is 4.79 Å². The summed E-state index contributed by atoms with van der Waals surface area (Å²) in [4.78, 5) is 33.8. The normalized spacial score (nSPS) is 22.8. The van der Waals surface area contributed by atoms with Crippen LogP contribution in [0.5, 0.6) is 0 Å². The molecule has 0 saturated carbocycles. The van der Waals surface area contributed by atoms with Crippen LogP contribution in [0.3, 0.4) is 0 Å². The van der Waals surface area contributed by atoms with E-state index in [0.717, 1.165) is 36.7 Å². The Morgan fingerprint density at radius 2 is 1.83 bits per heavy atom. The summed E-state index contributed by atoms with van der Waals surface area (Å²) in [5.74, 6) is 0.972. The van der Waals surface area contributed by atoms with Gasteiger partial charge in [0.1, 0.15) is 5.69 Å². The van der Waals surface area contributed by atoms with Gasteiger partial charge >= 0.3 is 0 Å². The third-order valence-corrected chi connectivity index (χ3v) is 6.84. The molecule has 0 radical (unpaired) electrons. The molecule has 2 aliphatic rings. The van der Waals surface area contributed by atoms with Gasteiger partial charge in [0.25, 0.3) is 5.91 Å². The van der Waals surface area contributed by atoms with Gasteiger partial charge in [-0.05, 0) is 36.1 Å². The maximum atomic E-state index is 13.3. The molecule has 2 amide bonds. The van der Waals surface area contributed by atoms with E-state index in [2.05, 4.69) is 4.98 Å². The number of aliphatic hydroxyl groups is 1. The minimum absolute atomic E-state index is 0.0273. The highest BCUT2D eigenvalue weighted by Gasteiger charge is 2.41. The van der Waals surface area contributed by atoms with Crippen molar-refractivity contribution in [1.82, 2.24) is 14.8 Å². The number of aromatic nitrogens is 1. The predicted molar refractivity (Wildman–Crippen MR) is 116 cm³/mol. The molecule has 6 heteroatoms. The molecule has 0 bridgehead atoms. The van der Waals surface area contributed by atoms with E-state index in [-0.39, 0.29) is 36.2 Å². The van der Waals surface area contributed by atoms with Crippen LogP contribution in [0.25, 0.3) is 10.8 Å². The summed E-state index contributed by atoms with van der Waals surface area (Å²) in [5, 5.41) is 11.9. The lowest BCUT2D eigenvalue weighted by Gasteiger charge is -2.37. The van der Waals surface area contributed by atoms with Crippen molar-refractivity contribution in [2.45, 2.75) is 26.7 Å². The third kappa shape index (κ3) is 3.93. The minimum atomic E-state index is -0.0554. The van der Waals surface area contributed by atoms with E-state index in [1.165, 1.54) is 0 Å². The smallest absolute Gasteiger partial charge is 0.273 e. The van der Waals surface area contributed by atoms with E-state index < -0.39 is 0 Å². The van der Waals surface area contributed by atoms with Crippen LogP contribution < -0.4 is 0 Å². The highest BCUT2D eigenvalue weighted by atomic mass is 16.3. The van der Waals surface area contributed by atoms with Crippen LogP contribution >= 0.6 is 0 Å². The van der Waals surface area contributed by atoms with E-state index >= 15 is 0 Å². The first kappa shape index (κ1) is 20.8. The first-order chi connectivity index (χ1) is 14.5. The van der Waals surface area contributed by atoms with Crippen LogP contribution in [0.1, 0.15) is 37.2 Å². The molecule has 1 aromatic carbocycles. The molecule has 160 valence electrons. The molecule has 0 spiro atoms. The largest absolute Gasteiger partial charge is 0.396 e. The fraction of sp³-hybridized carbons (Fsp3) is 0.542. The lowest BCUT2D eigenvalue weighted by atomic mass is 9.78. The van der Waals surface area contributed by atoms with Gasteiger partial charge in [-0.25, -0.2) is 0 Å². The second-order valence-corrected chi connectivity index (χ2v) is 9.01. The third-order valence-electron chi connectivity index (χ3n) is 6.84. The monoisotopic (exact) mass is 409 g/mol. The molecule has 2 fully saturated rings. The molecular weight excluding hydrogens is 378 g/mol. The van der Waals surface area contributed by atoms with Crippen molar-refractivity contribution in [3.8, 4) is 0 Å². The molecule has 1 N–H and O–H groups in total. The van der Waals surface area contributed by atoms with E-state index in [4.69, 9.17) is 0 Å². The van der Waals surface area contributed by atoms with Gasteiger partial charge < -0.3 is 14.9 Å². The number of nitrogens with zero attached hydrogens (tertiary/aromatic N) is 3. The van der Waals surface area contributed by atoms with Gasteiger partial charge in [0.05, 0.1) is 0 Å². The predicted octanol–water partition coefficient (Wildman–Crippen LogP) is 2.81. The Labute approximate surface area is 177 Å². The number of rotatable bonds is 4. The number of pyridine rings is 1. The molecule has 2 aliphatic heterocycles. The summed E-state index contributed by atoms with van der Waals surface area (Å²) in [6, 6.07) is 9.73. The average molecular weight is 410 g/mol. The highest BCUT2D eigenvalue weighted by Crippen LogP contribution is 2.36. The minimum Gasteiger partial charge on any atom is -0.396 e. The average Bonchev–Trinajstić information content (AvgIpc) is 3.22. The van der Waals surface area contributed by atoms with Gasteiger partial charge in [0, 0.05) is 56.2 Å². The van der Waals surface area contributed by atoms with Crippen molar-refractivity contribution in [3.05, 3.63) is 42.2 Å². The van der Waals surface area contributed by atoms with Crippen LogP contribution in [0.15, 0.2) is 36.5 Å². The fourth-order valence-corrected chi connectivity index (χ4v) is 5.14.